The molecule has 2 aromatic carbocycles. The number of rotatable bonds is 10. The lowest BCUT2D eigenvalue weighted by Gasteiger charge is -1.95. The topological polar surface area (TPSA) is 0 Å². The summed E-state index contributed by atoms with van der Waals surface area (Å²) in [5, 5.41) is 0. The lowest BCUT2D eigenvalue weighted by molar-refractivity contribution is 1.46. The Bertz CT molecular complexity index is 1130. The minimum absolute atomic E-state index is 1.21. The molecule has 0 bridgehead atoms. The molecule has 0 heteroatoms. The van der Waals surface area contributed by atoms with Crippen LogP contribution in [-0.2, 0) is 0 Å². The van der Waals surface area contributed by atoms with Crippen molar-refractivity contribution in [3.63, 3.8) is 0 Å². The smallest absolute Gasteiger partial charge is 0.0256 e. The van der Waals surface area contributed by atoms with Crippen LogP contribution < -0.4 is 0 Å². The Labute approximate surface area is 219 Å². The molecule has 0 N–H and O–H groups in total. The fraction of sp³-hybridized carbons (Fsp3) is 0.167. The number of hydrogen-bond acceptors (Lipinski definition) is 0. The van der Waals surface area contributed by atoms with Crippen LogP contribution in [0.1, 0.15) is 49.9 Å². The van der Waals surface area contributed by atoms with Crippen molar-refractivity contribution in [2.75, 3.05) is 0 Å². The second-order valence-electron chi connectivity index (χ2n) is 9.23. The molecule has 0 heterocycles. The van der Waals surface area contributed by atoms with Crippen LogP contribution in [0.15, 0.2) is 144 Å². The van der Waals surface area contributed by atoms with Crippen LogP contribution in [0.5, 0.6) is 0 Å². The second-order valence-corrected chi connectivity index (χ2v) is 9.23. The van der Waals surface area contributed by atoms with Crippen molar-refractivity contribution in [2.45, 2.75) is 41.5 Å². The van der Waals surface area contributed by atoms with Crippen molar-refractivity contribution in [1.82, 2.24) is 0 Å². The molecule has 0 aliphatic carbocycles. The van der Waals surface area contributed by atoms with E-state index in [1.807, 2.05) is 0 Å². The van der Waals surface area contributed by atoms with Crippen molar-refractivity contribution in [2.24, 2.45) is 0 Å². The van der Waals surface area contributed by atoms with Crippen LogP contribution in [0, 0.1) is 13.8 Å². The Balaban J connectivity index is 1.82. The summed E-state index contributed by atoms with van der Waals surface area (Å²) in [5.41, 5.74) is 9.86. The van der Waals surface area contributed by atoms with Gasteiger partial charge >= 0.3 is 0 Å². The molecule has 36 heavy (non-hydrogen) atoms. The average molecular weight is 473 g/mol. The van der Waals surface area contributed by atoms with Crippen molar-refractivity contribution in [1.29, 1.82) is 0 Å². The van der Waals surface area contributed by atoms with Gasteiger partial charge in [0.15, 0.2) is 0 Å². The van der Waals surface area contributed by atoms with E-state index >= 15 is 0 Å². The molecule has 0 atom stereocenters. The van der Waals surface area contributed by atoms with Gasteiger partial charge in [0.25, 0.3) is 0 Å². The zero-order valence-corrected chi connectivity index (χ0v) is 22.7. The van der Waals surface area contributed by atoms with Gasteiger partial charge in [-0.15, -0.1) is 0 Å². The summed E-state index contributed by atoms with van der Waals surface area (Å²) >= 11 is 0. The zero-order chi connectivity index (χ0) is 26.2. The first-order chi connectivity index (χ1) is 17.3. The molecule has 2 aromatic rings. The number of allylic oxidation sites excluding steroid dienone is 16. The summed E-state index contributed by atoms with van der Waals surface area (Å²) in [6.07, 6.45) is 29.7. The predicted octanol–water partition coefficient (Wildman–Crippen LogP) is 10.5. The first-order valence-electron chi connectivity index (χ1n) is 12.5. The minimum Gasteiger partial charge on any atom is -0.0620 e. The highest BCUT2D eigenvalue weighted by Crippen LogP contribution is 2.09. The second kappa shape index (κ2) is 15.9. The van der Waals surface area contributed by atoms with E-state index in [0.29, 0.717) is 0 Å². The number of aryl methyl sites for hydroxylation is 2. The van der Waals surface area contributed by atoms with E-state index in [0.717, 1.165) is 0 Å². The maximum atomic E-state index is 2.15. The fourth-order valence-electron chi connectivity index (χ4n) is 3.15. The van der Waals surface area contributed by atoms with Crippen molar-refractivity contribution in [3.05, 3.63) is 166 Å². The molecule has 0 aliphatic heterocycles. The van der Waals surface area contributed by atoms with Gasteiger partial charge in [0.2, 0.25) is 0 Å². The molecule has 0 aliphatic rings. The zero-order valence-electron chi connectivity index (χ0n) is 22.7. The molecule has 2 rings (SSSR count). The monoisotopic (exact) mass is 472 g/mol. The van der Waals surface area contributed by atoms with Gasteiger partial charge in [0.05, 0.1) is 0 Å². The van der Waals surface area contributed by atoms with Gasteiger partial charge in [0, 0.05) is 0 Å². The van der Waals surface area contributed by atoms with Crippen LogP contribution in [0.25, 0.3) is 12.2 Å². The summed E-state index contributed by atoms with van der Waals surface area (Å²) in [5.74, 6) is 0. The van der Waals surface area contributed by atoms with Crippen LogP contribution >= 0.6 is 0 Å². The van der Waals surface area contributed by atoms with Gasteiger partial charge in [-0.05, 0) is 52.7 Å². The molecule has 0 aromatic heterocycles. The first kappa shape index (κ1) is 28.3. The van der Waals surface area contributed by atoms with Crippen molar-refractivity contribution >= 4 is 12.2 Å². The SMILES string of the molecule is CC(C=CC=C(C)C=Cc1ccc(C)cc1)=CC=CC=C(C)C=CC=C(C)C=Cc1ccc(C)cc1. The van der Waals surface area contributed by atoms with Crippen molar-refractivity contribution < 1.29 is 0 Å². The van der Waals surface area contributed by atoms with E-state index in [4.69, 9.17) is 0 Å². The van der Waals surface area contributed by atoms with E-state index in [1.54, 1.807) is 0 Å². The molecule has 0 spiro atoms. The summed E-state index contributed by atoms with van der Waals surface area (Å²) in [4.78, 5) is 0. The van der Waals surface area contributed by atoms with E-state index in [9.17, 15) is 0 Å². The molecule has 0 amide bonds. The van der Waals surface area contributed by atoms with E-state index < -0.39 is 0 Å². The van der Waals surface area contributed by atoms with Gasteiger partial charge in [-0.1, -0.05) is 167 Å². The Morgan fingerprint density at radius 2 is 0.722 bits per heavy atom. The van der Waals surface area contributed by atoms with Crippen LogP contribution in [0.4, 0.5) is 0 Å². The normalized spacial score (nSPS) is 14.5. The maximum Gasteiger partial charge on any atom is -0.0256 e. The van der Waals surface area contributed by atoms with Gasteiger partial charge in [-0.2, -0.15) is 0 Å². The lowest BCUT2D eigenvalue weighted by Crippen LogP contribution is -1.74. The fourth-order valence-corrected chi connectivity index (χ4v) is 3.15. The van der Waals surface area contributed by atoms with Crippen LogP contribution in [0.2, 0.25) is 0 Å². The number of benzene rings is 2. The van der Waals surface area contributed by atoms with E-state index in [2.05, 4.69) is 175 Å². The Morgan fingerprint density at radius 1 is 0.417 bits per heavy atom. The van der Waals surface area contributed by atoms with Gasteiger partial charge < -0.3 is 0 Å². The average Bonchev–Trinajstić information content (AvgIpc) is 2.86. The molecule has 0 saturated heterocycles. The minimum atomic E-state index is 1.21. The number of hydrogen-bond donors (Lipinski definition) is 0. The molecular formula is C36H40. The molecule has 0 nitrogen and oxygen atoms in total. The standard InChI is InChI=1S/C36H40/c1-29(13-9-15-31(3)17-23-35-25-19-33(5)20-26-35)11-7-8-12-30(2)14-10-16-32(4)18-24-36-27-21-34(6)22-28-36/h7-28H,1-6H3. The quantitative estimate of drug-likeness (QED) is 0.302. The van der Waals surface area contributed by atoms with Crippen LogP contribution in [0.3, 0.4) is 0 Å². The largest absolute Gasteiger partial charge is 0.0620 e. The van der Waals surface area contributed by atoms with Gasteiger partial charge in [0.1, 0.15) is 0 Å². The molecule has 184 valence electrons. The summed E-state index contributed by atoms with van der Waals surface area (Å²) < 4.78 is 0. The highest BCUT2D eigenvalue weighted by atomic mass is 13.9. The molecule has 0 fully saturated rings. The molecule has 0 unspecified atom stereocenters. The maximum absolute atomic E-state index is 2.15. The Kier molecular flexibility index (Phi) is 12.5. The van der Waals surface area contributed by atoms with E-state index in [1.165, 1.54) is 44.5 Å². The molecular weight excluding hydrogens is 432 g/mol. The third-order valence-electron chi connectivity index (χ3n) is 5.50. The highest BCUT2D eigenvalue weighted by molar-refractivity contribution is 5.54. The summed E-state index contributed by atoms with van der Waals surface area (Å²) in [6.45, 7) is 12.7. The van der Waals surface area contributed by atoms with Crippen molar-refractivity contribution in [3.8, 4) is 0 Å². The molecule has 0 radical (unpaired) electrons. The Morgan fingerprint density at radius 3 is 1.08 bits per heavy atom. The third-order valence-corrected chi connectivity index (χ3v) is 5.50. The lowest BCUT2D eigenvalue weighted by atomic mass is 10.1. The van der Waals surface area contributed by atoms with E-state index in [-0.39, 0.29) is 0 Å². The molecule has 0 saturated carbocycles. The third kappa shape index (κ3) is 12.5. The summed E-state index contributed by atoms with van der Waals surface area (Å²) in [6, 6.07) is 17.1. The van der Waals surface area contributed by atoms with Gasteiger partial charge in [-0.3, -0.25) is 0 Å². The van der Waals surface area contributed by atoms with Gasteiger partial charge in [-0.25, -0.2) is 0 Å². The Hall–Kier alpha value is -3.90. The first-order valence-corrected chi connectivity index (χ1v) is 12.5. The predicted molar refractivity (Wildman–Crippen MR) is 163 cm³/mol. The summed E-state index contributed by atoms with van der Waals surface area (Å²) in [7, 11) is 0. The van der Waals surface area contributed by atoms with Crippen LogP contribution in [-0.4, -0.2) is 0 Å². The highest BCUT2D eigenvalue weighted by Gasteiger charge is 1.88.